The molecule has 3 aromatic rings. The zero-order chi connectivity index (χ0) is 16.8. The van der Waals surface area contributed by atoms with Crippen molar-refractivity contribution in [3.8, 4) is 11.6 Å². The lowest BCUT2D eigenvalue weighted by Crippen LogP contribution is -2.29. The monoisotopic (exact) mass is 345 g/mol. The minimum Gasteiger partial charge on any atom is -0.441 e. The fraction of sp³-hybridized carbons (Fsp3) is 0.312. The summed E-state index contributed by atoms with van der Waals surface area (Å²) in [6.07, 6.45) is 2.38. The number of carbonyl (C=O) groups excluding carboxylic acids is 1. The van der Waals surface area contributed by atoms with Crippen LogP contribution in [0.1, 0.15) is 23.2 Å². The third kappa shape index (κ3) is 2.71. The maximum Gasteiger partial charge on any atom is 0.253 e. The van der Waals surface area contributed by atoms with Crippen molar-refractivity contribution >= 4 is 29.0 Å². The molecule has 0 bridgehead atoms. The highest BCUT2D eigenvalue weighted by atomic mass is 35.5. The zero-order valence-electron chi connectivity index (χ0n) is 13.1. The number of carbonyl (C=O) groups is 1. The van der Waals surface area contributed by atoms with Crippen LogP contribution in [0.2, 0.25) is 5.22 Å². The fourth-order valence-electron chi connectivity index (χ4n) is 2.66. The van der Waals surface area contributed by atoms with Crippen molar-refractivity contribution in [3.05, 3.63) is 35.0 Å². The van der Waals surface area contributed by atoms with Gasteiger partial charge in [-0.1, -0.05) is 0 Å². The highest BCUT2D eigenvalue weighted by Crippen LogP contribution is 2.30. The van der Waals surface area contributed by atoms with E-state index in [2.05, 4.69) is 10.1 Å². The van der Waals surface area contributed by atoms with Crippen LogP contribution in [0.4, 0.5) is 5.82 Å². The van der Waals surface area contributed by atoms with Crippen molar-refractivity contribution in [3.63, 3.8) is 0 Å². The molecule has 0 aromatic carbocycles. The van der Waals surface area contributed by atoms with Gasteiger partial charge in [0.25, 0.3) is 5.91 Å². The highest BCUT2D eigenvalue weighted by molar-refractivity contribution is 6.28. The van der Waals surface area contributed by atoms with E-state index in [1.807, 2.05) is 0 Å². The molecule has 0 atom stereocenters. The van der Waals surface area contributed by atoms with E-state index < -0.39 is 0 Å². The van der Waals surface area contributed by atoms with Crippen molar-refractivity contribution in [2.24, 2.45) is 5.92 Å². The van der Waals surface area contributed by atoms with Gasteiger partial charge in [0.15, 0.2) is 16.6 Å². The van der Waals surface area contributed by atoms with Crippen molar-refractivity contribution in [2.45, 2.75) is 12.8 Å². The SMILES string of the molecule is CN(CC1CC1)C(=O)c1cc(N)n2nc(-c3ccc(Cl)o3)nc2c1. The van der Waals surface area contributed by atoms with Gasteiger partial charge in [0.2, 0.25) is 5.82 Å². The van der Waals surface area contributed by atoms with Gasteiger partial charge >= 0.3 is 0 Å². The van der Waals surface area contributed by atoms with Gasteiger partial charge in [-0.05, 0) is 54.6 Å². The van der Waals surface area contributed by atoms with Gasteiger partial charge in [-0.15, -0.1) is 5.10 Å². The van der Waals surface area contributed by atoms with E-state index in [-0.39, 0.29) is 11.1 Å². The van der Waals surface area contributed by atoms with E-state index in [9.17, 15) is 4.79 Å². The molecule has 7 nitrogen and oxygen atoms in total. The molecular formula is C16H16ClN5O2. The Balaban J connectivity index is 1.69. The number of hydrogen-bond donors (Lipinski definition) is 1. The molecule has 2 N–H and O–H groups in total. The van der Waals surface area contributed by atoms with E-state index in [0.717, 1.165) is 6.54 Å². The van der Waals surface area contributed by atoms with E-state index in [4.69, 9.17) is 21.8 Å². The maximum absolute atomic E-state index is 12.6. The topological polar surface area (TPSA) is 89.7 Å². The van der Waals surface area contributed by atoms with Crippen LogP contribution in [-0.4, -0.2) is 39.0 Å². The van der Waals surface area contributed by atoms with E-state index >= 15 is 0 Å². The number of amides is 1. The summed E-state index contributed by atoms with van der Waals surface area (Å²) < 4.78 is 6.79. The average molecular weight is 346 g/mol. The summed E-state index contributed by atoms with van der Waals surface area (Å²) in [5, 5.41) is 4.56. The molecule has 0 saturated heterocycles. The van der Waals surface area contributed by atoms with Crippen molar-refractivity contribution in [1.29, 1.82) is 0 Å². The minimum atomic E-state index is -0.0679. The van der Waals surface area contributed by atoms with Crippen molar-refractivity contribution in [2.75, 3.05) is 19.3 Å². The van der Waals surface area contributed by atoms with Crippen LogP contribution in [0.25, 0.3) is 17.2 Å². The number of aromatic nitrogens is 3. The zero-order valence-corrected chi connectivity index (χ0v) is 13.8. The van der Waals surface area contributed by atoms with E-state index in [0.29, 0.717) is 34.5 Å². The highest BCUT2D eigenvalue weighted by Gasteiger charge is 2.26. The van der Waals surface area contributed by atoms with Gasteiger partial charge in [0.05, 0.1) is 0 Å². The van der Waals surface area contributed by atoms with Crippen LogP contribution in [0.15, 0.2) is 28.7 Å². The smallest absolute Gasteiger partial charge is 0.253 e. The number of nitrogens with zero attached hydrogens (tertiary/aromatic N) is 4. The second-order valence-electron chi connectivity index (χ2n) is 6.11. The number of furan rings is 1. The Labute approximate surface area is 143 Å². The molecule has 1 aliphatic carbocycles. The van der Waals surface area contributed by atoms with Gasteiger partial charge in [-0.3, -0.25) is 4.79 Å². The Morgan fingerprint density at radius 3 is 2.92 bits per heavy atom. The summed E-state index contributed by atoms with van der Waals surface area (Å²) in [5.41, 5.74) is 7.02. The molecule has 0 radical (unpaired) electrons. The summed E-state index contributed by atoms with van der Waals surface area (Å²) in [4.78, 5) is 18.7. The fourth-order valence-corrected chi connectivity index (χ4v) is 2.81. The summed E-state index contributed by atoms with van der Waals surface area (Å²) in [6, 6.07) is 6.60. The van der Waals surface area contributed by atoms with E-state index in [1.165, 1.54) is 17.4 Å². The second-order valence-corrected chi connectivity index (χ2v) is 6.48. The number of nitrogen functional groups attached to an aromatic ring is 1. The Bertz CT molecular complexity index is 928. The molecule has 0 unspecified atom stereocenters. The average Bonchev–Trinajstić information content (AvgIpc) is 3.08. The Hall–Kier alpha value is -2.54. The first-order valence-corrected chi connectivity index (χ1v) is 8.06. The molecule has 8 heteroatoms. The first-order valence-electron chi connectivity index (χ1n) is 7.69. The normalized spacial score (nSPS) is 14.2. The van der Waals surface area contributed by atoms with Gasteiger partial charge in [0.1, 0.15) is 5.82 Å². The number of nitrogens with two attached hydrogens (primary N) is 1. The quantitative estimate of drug-likeness (QED) is 0.785. The Kier molecular flexibility index (Phi) is 3.45. The summed E-state index contributed by atoms with van der Waals surface area (Å²) in [7, 11) is 1.81. The lowest BCUT2D eigenvalue weighted by molar-refractivity contribution is 0.0788. The van der Waals surface area contributed by atoms with Gasteiger partial charge < -0.3 is 15.1 Å². The summed E-state index contributed by atoms with van der Waals surface area (Å²) in [6.45, 7) is 0.771. The molecule has 124 valence electrons. The summed E-state index contributed by atoms with van der Waals surface area (Å²) >= 11 is 5.78. The second kappa shape index (κ2) is 5.52. The molecule has 4 rings (SSSR count). The van der Waals surface area contributed by atoms with Crippen LogP contribution < -0.4 is 5.73 Å². The molecule has 0 aliphatic heterocycles. The standard InChI is InChI=1S/C16H16ClN5O2/c1-21(8-9-2-3-9)16(23)10-6-13(18)22-14(7-10)19-15(20-22)11-4-5-12(17)24-11/h4-7,9H,2-3,8,18H2,1H3. The predicted molar refractivity (Wildman–Crippen MR) is 89.8 cm³/mol. The van der Waals surface area contributed by atoms with Crippen LogP contribution >= 0.6 is 11.6 Å². The Morgan fingerprint density at radius 1 is 1.46 bits per heavy atom. The maximum atomic E-state index is 12.6. The summed E-state index contributed by atoms with van der Waals surface area (Å²) in [5.74, 6) is 1.71. The molecule has 3 aromatic heterocycles. The number of hydrogen-bond acceptors (Lipinski definition) is 5. The molecule has 1 aliphatic rings. The number of anilines is 1. The van der Waals surface area contributed by atoms with Gasteiger partial charge in [0, 0.05) is 19.2 Å². The van der Waals surface area contributed by atoms with Crippen molar-refractivity contribution in [1.82, 2.24) is 19.5 Å². The molecule has 24 heavy (non-hydrogen) atoms. The minimum absolute atomic E-state index is 0.0679. The lowest BCUT2D eigenvalue weighted by atomic mass is 10.2. The molecule has 3 heterocycles. The van der Waals surface area contributed by atoms with Gasteiger partial charge in [-0.25, -0.2) is 4.98 Å². The molecular weight excluding hydrogens is 330 g/mol. The number of fused-ring (bicyclic) bond motifs is 1. The predicted octanol–water partition coefficient (Wildman–Crippen LogP) is 2.71. The van der Waals surface area contributed by atoms with Crippen LogP contribution in [0.5, 0.6) is 0 Å². The number of rotatable bonds is 4. The van der Waals surface area contributed by atoms with Crippen molar-refractivity contribution < 1.29 is 9.21 Å². The third-order valence-electron chi connectivity index (χ3n) is 4.08. The lowest BCUT2D eigenvalue weighted by Gasteiger charge is -2.17. The first kappa shape index (κ1) is 15.0. The largest absolute Gasteiger partial charge is 0.441 e. The molecule has 1 amide bonds. The molecule has 1 saturated carbocycles. The number of halogens is 1. The van der Waals surface area contributed by atoms with Crippen LogP contribution in [0.3, 0.4) is 0 Å². The van der Waals surface area contributed by atoms with Crippen LogP contribution in [-0.2, 0) is 0 Å². The van der Waals surface area contributed by atoms with Crippen LogP contribution in [0, 0.1) is 5.92 Å². The number of pyridine rings is 1. The molecule has 1 fully saturated rings. The van der Waals surface area contributed by atoms with Gasteiger partial charge in [-0.2, -0.15) is 4.52 Å². The Morgan fingerprint density at radius 2 is 2.25 bits per heavy atom. The molecule has 0 spiro atoms. The van der Waals surface area contributed by atoms with E-state index in [1.54, 1.807) is 36.2 Å². The first-order chi connectivity index (χ1) is 11.5. The third-order valence-corrected chi connectivity index (χ3v) is 4.28.